The second-order valence-corrected chi connectivity index (χ2v) is 8.13. The number of carbonyl (C=O) groups excluding carboxylic acids is 2. The van der Waals surface area contributed by atoms with Gasteiger partial charge in [-0.15, -0.1) is 0 Å². The molecule has 4 rings (SSSR count). The van der Waals surface area contributed by atoms with Crippen LogP contribution in [0.2, 0.25) is 0 Å². The first kappa shape index (κ1) is 21.7. The van der Waals surface area contributed by atoms with Crippen LogP contribution in [0.3, 0.4) is 0 Å². The highest BCUT2D eigenvalue weighted by atomic mass is 16.3. The third-order valence-electron chi connectivity index (χ3n) is 5.96. The number of furan rings is 1. The van der Waals surface area contributed by atoms with E-state index in [0.29, 0.717) is 38.2 Å². The molecule has 166 valence electrons. The number of hydrogen-bond donors (Lipinski definition) is 0. The molecule has 0 aliphatic carbocycles. The van der Waals surface area contributed by atoms with Crippen LogP contribution in [0.4, 0.5) is 5.69 Å². The molecule has 2 heterocycles. The van der Waals surface area contributed by atoms with Crippen LogP contribution in [0.25, 0.3) is 0 Å². The van der Waals surface area contributed by atoms with Crippen molar-refractivity contribution in [3.8, 4) is 0 Å². The number of hydrogen-bond acceptors (Lipinski definition) is 4. The van der Waals surface area contributed by atoms with Gasteiger partial charge in [-0.1, -0.05) is 48.5 Å². The number of amides is 2. The van der Waals surface area contributed by atoms with E-state index in [2.05, 4.69) is 30.0 Å². The van der Waals surface area contributed by atoms with Gasteiger partial charge >= 0.3 is 0 Å². The largest absolute Gasteiger partial charge is 0.472 e. The average Bonchev–Trinajstić information content (AvgIpc) is 3.37. The number of piperazine rings is 1. The summed E-state index contributed by atoms with van der Waals surface area (Å²) in [5, 5.41) is 0. The molecule has 0 saturated carbocycles. The maximum absolute atomic E-state index is 13.0. The number of nitrogens with zero attached hydrogens (tertiary/aromatic N) is 3. The first-order valence-corrected chi connectivity index (χ1v) is 11.1. The zero-order valence-corrected chi connectivity index (χ0v) is 18.4. The zero-order chi connectivity index (χ0) is 22.3. The van der Waals surface area contributed by atoms with E-state index in [-0.39, 0.29) is 11.8 Å². The number of carbonyl (C=O) groups is 2. The topological polar surface area (TPSA) is 57.0 Å². The van der Waals surface area contributed by atoms with Gasteiger partial charge in [0.05, 0.1) is 11.8 Å². The summed E-state index contributed by atoms with van der Waals surface area (Å²) in [5.74, 6) is -0.0349. The van der Waals surface area contributed by atoms with E-state index in [0.717, 1.165) is 18.7 Å². The molecular formula is C26H29N3O3. The van der Waals surface area contributed by atoms with Crippen LogP contribution in [0.5, 0.6) is 0 Å². The molecule has 0 unspecified atom stereocenters. The summed E-state index contributed by atoms with van der Waals surface area (Å²) in [7, 11) is 0. The molecule has 0 atom stereocenters. The summed E-state index contributed by atoms with van der Waals surface area (Å²) in [6.45, 7) is 5.97. The highest BCUT2D eigenvalue weighted by Gasteiger charge is 2.24. The Labute approximate surface area is 189 Å². The van der Waals surface area contributed by atoms with Gasteiger partial charge in [0, 0.05) is 51.4 Å². The summed E-state index contributed by atoms with van der Waals surface area (Å²) in [6, 6.07) is 19.8. The van der Waals surface area contributed by atoms with E-state index in [1.165, 1.54) is 23.8 Å². The van der Waals surface area contributed by atoms with Crippen LogP contribution in [0.15, 0.2) is 77.6 Å². The standard InChI is InChI=1S/C26H29N3O3/c1-21-7-5-6-10-24(21)27-14-16-28(17-15-27)25(30)11-13-29(19-22-8-3-2-4-9-22)26(31)23-12-18-32-20-23/h2-10,12,18,20H,11,13-17,19H2,1H3. The van der Waals surface area contributed by atoms with Crippen molar-refractivity contribution in [1.82, 2.24) is 9.80 Å². The Morgan fingerprint density at radius 1 is 0.938 bits per heavy atom. The van der Waals surface area contributed by atoms with Crippen molar-refractivity contribution in [2.24, 2.45) is 0 Å². The van der Waals surface area contributed by atoms with E-state index in [1.54, 1.807) is 11.0 Å². The molecule has 1 fully saturated rings. The minimum absolute atomic E-state index is 0.0903. The quantitative estimate of drug-likeness (QED) is 0.568. The Hall–Kier alpha value is -3.54. The van der Waals surface area contributed by atoms with Crippen molar-refractivity contribution >= 4 is 17.5 Å². The highest BCUT2D eigenvalue weighted by Crippen LogP contribution is 2.21. The van der Waals surface area contributed by atoms with Gasteiger partial charge in [0.15, 0.2) is 0 Å². The highest BCUT2D eigenvalue weighted by molar-refractivity contribution is 5.94. The smallest absolute Gasteiger partial charge is 0.257 e. The third kappa shape index (κ3) is 5.19. The Kier molecular flexibility index (Phi) is 6.90. The summed E-state index contributed by atoms with van der Waals surface area (Å²) in [6.07, 6.45) is 3.25. The Balaban J connectivity index is 1.35. The third-order valence-corrected chi connectivity index (χ3v) is 5.96. The molecule has 2 aromatic carbocycles. The summed E-state index contributed by atoms with van der Waals surface area (Å²) >= 11 is 0. The molecule has 1 aliphatic rings. The fourth-order valence-corrected chi connectivity index (χ4v) is 4.13. The monoisotopic (exact) mass is 431 g/mol. The lowest BCUT2D eigenvalue weighted by molar-refractivity contribution is -0.131. The molecule has 0 radical (unpaired) electrons. The average molecular weight is 432 g/mol. The lowest BCUT2D eigenvalue weighted by Crippen LogP contribution is -2.49. The first-order chi connectivity index (χ1) is 15.6. The molecule has 1 aromatic heterocycles. The number of para-hydroxylation sites is 1. The molecule has 0 bridgehead atoms. The van der Waals surface area contributed by atoms with Crippen LogP contribution in [-0.4, -0.2) is 54.3 Å². The zero-order valence-electron chi connectivity index (χ0n) is 18.4. The lowest BCUT2D eigenvalue weighted by Gasteiger charge is -2.37. The van der Waals surface area contributed by atoms with Crippen molar-refractivity contribution in [3.05, 3.63) is 89.9 Å². The first-order valence-electron chi connectivity index (χ1n) is 11.1. The van der Waals surface area contributed by atoms with Gasteiger partial charge < -0.3 is 19.1 Å². The second kappa shape index (κ2) is 10.2. The van der Waals surface area contributed by atoms with Gasteiger partial charge in [-0.2, -0.15) is 0 Å². The summed E-state index contributed by atoms with van der Waals surface area (Å²) in [5.41, 5.74) is 4.02. The molecule has 2 amide bonds. The van der Waals surface area contributed by atoms with E-state index in [1.807, 2.05) is 41.3 Å². The molecule has 3 aromatic rings. The summed E-state index contributed by atoms with van der Waals surface area (Å²) in [4.78, 5) is 31.9. The van der Waals surface area contributed by atoms with Gasteiger partial charge in [0.1, 0.15) is 6.26 Å². The molecule has 32 heavy (non-hydrogen) atoms. The number of anilines is 1. The van der Waals surface area contributed by atoms with Crippen LogP contribution in [-0.2, 0) is 11.3 Å². The van der Waals surface area contributed by atoms with Crippen LogP contribution >= 0.6 is 0 Å². The second-order valence-electron chi connectivity index (χ2n) is 8.13. The SMILES string of the molecule is Cc1ccccc1N1CCN(C(=O)CCN(Cc2ccccc2)C(=O)c2ccoc2)CC1. The van der Waals surface area contributed by atoms with Crippen molar-refractivity contribution < 1.29 is 14.0 Å². The molecule has 6 heteroatoms. The number of rotatable bonds is 7. The van der Waals surface area contributed by atoms with Crippen LogP contribution < -0.4 is 4.90 Å². The van der Waals surface area contributed by atoms with Crippen LogP contribution in [0.1, 0.15) is 27.9 Å². The van der Waals surface area contributed by atoms with Crippen LogP contribution in [0, 0.1) is 6.92 Å². The molecule has 0 spiro atoms. The van der Waals surface area contributed by atoms with Gasteiger partial charge in [0.25, 0.3) is 5.91 Å². The van der Waals surface area contributed by atoms with E-state index in [9.17, 15) is 9.59 Å². The van der Waals surface area contributed by atoms with E-state index < -0.39 is 0 Å². The molecule has 0 N–H and O–H groups in total. The maximum Gasteiger partial charge on any atom is 0.257 e. The Bertz CT molecular complexity index is 1030. The van der Waals surface area contributed by atoms with Gasteiger partial charge in [-0.05, 0) is 30.2 Å². The fourth-order valence-electron chi connectivity index (χ4n) is 4.13. The predicted octanol–water partition coefficient (Wildman–Crippen LogP) is 3.97. The van der Waals surface area contributed by atoms with E-state index >= 15 is 0 Å². The number of aryl methyl sites for hydroxylation is 1. The molecule has 6 nitrogen and oxygen atoms in total. The van der Waals surface area contributed by atoms with E-state index in [4.69, 9.17) is 4.42 Å². The Morgan fingerprint density at radius 2 is 1.66 bits per heavy atom. The lowest BCUT2D eigenvalue weighted by atomic mass is 10.1. The molecule has 1 saturated heterocycles. The van der Waals surface area contributed by atoms with Gasteiger partial charge in [-0.3, -0.25) is 9.59 Å². The van der Waals surface area contributed by atoms with Gasteiger partial charge in [-0.25, -0.2) is 0 Å². The molecular weight excluding hydrogens is 402 g/mol. The van der Waals surface area contributed by atoms with Crippen molar-refractivity contribution in [2.45, 2.75) is 19.9 Å². The minimum atomic E-state index is -0.125. The van der Waals surface area contributed by atoms with Crippen molar-refractivity contribution in [2.75, 3.05) is 37.6 Å². The fraction of sp³-hybridized carbons (Fsp3) is 0.308. The maximum atomic E-state index is 13.0. The minimum Gasteiger partial charge on any atom is -0.472 e. The van der Waals surface area contributed by atoms with Gasteiger partial charge in [0.2, 0.25) is 5.91 Å². The normalized spacial score (nSPS) is 13.8. The van der Waals surface area contributed by atoms with Crippen molar-refractivity contribution in [1.29, 1.82) is 0 Å². The Morgan fingerprint density at radius 3 is 2.34 bits per heavy atom. The predicted molar refractivity (Wildman–Crippen MR) is 124 cm³/mol. The summed E-state index contributed by atoms with van der Waals surface area (Å²) < 4.78 is 5.08. The van der Waals surface area contributed by atoms with Crippen molar-refractivity contribution in [3.63, 3.8) is 0 Å². The molecule has 1 aliphatic heterocycles. The number of benzene rings is 2.